The molecule has 6 heteroatoms. The minimum atomic E-state index is -0.521. The van der Waals surface area contributed by atoms with E-state index in [0.717, 1.165) is 12.8 Å². The Bertz CT molecular complexity index is 294. The summed E-state index contributed by atoms with van der Waals surface area (Å²) in [4.78, 5) is 24.6. The number of primary amides is 1. The second-order valence-electron chi connectivity index (χ2n) is 3.94. The van der Waals surface area contributed by atoms with Gasteiger partial charge in [0.05, 0.1) is 17.5 Å². The molecule has 0 aromatic carbocycles. The monoisotopic (exact) mass is 259 g/mol. The first-order chi connectivity index (χ1) is 7.93. The van der Waals surface area contributed by atoms with Gasteiger partial charge in [0.15, 0.2) is 0 Å². The molecule has 0 aliphatic heterocycles. The first-order valence-electron chi connectivity index (χ1n) is 5.80. The van der Waals surface area contributed by atoms with Crippen molar-refractivity contribution in [2.24, 2.45) is 17.4 Å². The zero-order valence-corrected chi connectivity index (χ0v) is 11.3. The summed E-state index contributed by atoms with van der Waals surface area (Å²) in [7, 11) is 0. The van der Waals surface area contributed by atoms with E-state index in [1.54, 1.807) is 0 Å². The van der Waals surface area contributed by atoms with Gasteiger partial charge in [0.1, 0.15) is 0 Å². The van der Waals surface area contributed by atoms with E-state index in [1.165, 1.54) is 4.90 Å². The van der Waals surface area contributed by atoms with Crippen molar-refractivity contribution in [3.8, 4) is 0 Å². The lowest BCUT2D eigenvalue weighted by atomic mass is 10.0. The summed E-state index contributed by atoms with van der Waals surface area (Å²) in [6.45, 7) is 4.29. The zero-order valence-electron chi connectivity index (χ0n) is 10.4. The molecule has 98 valence electrons. The average molecular weight is 259 g/mol. The fraction of sp³-hybridized carbons (Fsp3) is 0.727. The summed E-state index contributed by atoms with van der Waals surface area (Å²) in [6.07, 6.45) is 2.30. The molecule has 0 aromatic heterocycles. The Morgan fingerprint density at radius 3 is 2.24 bits per heavy atom. The lowest BCUT2D eigenvalue weighted by Gasteiger charge is -2.25. The molecular formula is C11H21N3O2S. The maximum absolute atomic E-state index is 12.1. The highest BCUT2D eigenvalue weighted by Gasteiger charge is 2.25. The number of amides is 2. The number of carbonyl (C=O) groups excluding carboxylic acids is 2. The number of hydrogen-bond donors (Lipinski definition) is 2. The van der Waals surface area contributed by atoms with Crippen molar-refractivity contribution in [3.05, 3.63) is 0 Å². The van der Waals surface area contributed by atoms with Crippen LogP contribution in [-0.2, 0) is 9.59 Å². The van der Waals surface area contributed by atoms with Gasteiger partial charge >= 0.3 is 0 Å². The van der Waals surface area contributed by atoms with Crippen LogP contribution in [0.5, 0.6) is 0 Å². The SMILES string of the molecule is CCCCN(CC(N)=O)C(=O)C(CC)C(N)=S. The van der Waals surface area contributed by atoms with Gasteiger partial charge in [-0.05, 0) is 12.8 Å². The van der Waals surface area contributed by atoms with Gasteiger partial charge in [0.2, 0.25) is 11.8 Å². The van der Waals surface area contributed by atoms with Crippen LogP contribution in [0.4, 0.5) is 0 Å². The Morgan fingerprint density at radius 1 is 1.29 bits per heavy atom. The molecule has 0 fully saturated rings. The van der Waals surface area contributed by atoms with Crippen LogP contribution in [0.15, 0.2) is 0 Å². The number of thiocarbonyl (C=S) groups is 1. The quantitative estimate of drug-likeness (QED) is 0.618. The van der Waals surface area contributed by atoms with Crippen LogP contribution in [0, 0.1) is 5.92 Å². The molecule has 2 amide bonds. The van der Waals surface area contributed by atoms with E-state index in [1.807, 2.05) is 13.8 Å². The lowest BCUT2D eigenvalue weighted by Crippen LogP contribution is -2.45. The topological polar surface area (TPSA) is 89.4 Å². The van der Waals surface area contributed by atoms with E-state index in [2.05, 4.69) is 0 Å². The van der Waals surface area contributed by atoms with Crippen molar-refractivity contribution in [1.82, 2.24) is 4.90 Å². The number of carbonyl (C=O) groups is 2. The molecule has 0 aliphatic rings. The first kappa shape index (κ1) is 15.8. The van der Waals surface area contributed by atoms with Gasteiger partial charge < -0.3 is 16.4 Å². The summed E-state index contributed by atoms with van der Waals surface area (Å²) in [5.41, 5.74) is 10.6. The molecule has 0 aliphatic carbocycles. The Kier molecular flexibility index (Phi) is 7.45. The van der Waals surface area contributed by atoms with Gasteiger partial charge in [0, 0.05) is 6.54 Å². The number of rotatable bonds is 8. The van der Waals surface area contributed by atoms with Crippen molar-refractivity contribution in [2.45, 2.75) is 33.1 Å². The fourth-order valence-electron chi connectivity index (χ4n) is 1.52. The maximum atomic E-state index is 12.1. The third-order valence-corrected chi connectivity index (χ3v) is 2.77. The number of nitrogens with zero attached hydrogens (tertiary/aromatic N) is 1. The highest BCUT2D eigenvalue weighted by atomic mass is 32.1. The van der Waals surface area contributed by atoms with E-state index in [9.17, 15) is 9.59 Å². The second-order valence-corrected chi connectivity index (χ2v) is 4.41. The molecule has 0 spiro atoms. The van der Waals surface area contributed by atoms with Gasteiger partial charge in [-0.1, -0.05) is 32.5 Å². The molecule has 0 rings (SSSR count). The predicted molar refractivity (Wildman–Crippen MR) is 71.2 cm³/mol. The van der Waals surface area contributed by atoms with E-state index < -0.39 is 11.8 Å². The number of hydrogen-bond acceptors (Lipinski definition) is 3. The molecule has 1 unspecified atom stereocenters. The summed E-state index contributed by atoms with van der Waals surface area (Å²) >= 11 is 4.85. The van der Waals surface area contributed by atoms with Gasteiger partial charge in [-0.2, -0.15) is 0 Å². The van der Waals surface area contributed by atoms with E-state index >= 15 is 0 Å². The lowest BCUT2D eigenvalue weighted by molar-refractivity contribution is -0.137. The van der Waals surface area contributed by atoms with Crippen LogP contribution < -0.4 is 11.5 Å². The van der Waals surface area contributed by atoms with Gasteiger partial charge in [-0.25, -0.2) is 0 Å². The molecule has 1 atom stereocenters. The molecule has 0 saturated carbocycles. The molecule has 5 nitrogen and oxygen atoms in total. The van der Waals surface area contributed by atoms with Crippen molar-refractivity contribution in [2.75, 3.05) is 13.1 Å². The van der Waals surface area contributed by atoms with Crippen molar-refractivity contribution >= 4 is 29.0 Å². The minimum absolute atomic E-state index is 0.0715. The third-order valence-electron chi connectivity index (χ3n) is 2.49. The summed E-state index contributed by atoms with van der Waals surface area (Å²) in [5.74, 6) is -1.22. The molecule has 0 saturated heterocycles. The van der Waals surface area contributed by atoms with Crippen LogP contribution >= 0.6 is 12.2 Å². The van der Waals surface area contributed by atoms with Crippen molar-refractivity contribution < 1.29 is 9.59 Å². The molecule has 4 N–H and O–H groups in total. The number of nitrogens with two attached hydrogens (primary N) is 2. The largest absolute Gasteiger partial charge is 0.393 e. The zero-order chi connectivity index (χ0) is 13.4. The van der Waals surface area contributed by atoms with E-state index in [4.69, 9.17) is 23.7 Å². The first-order valence-corrected chi connectivity index (χ1v) is 6.21. The van der Waals surface area contributed by atoms with Crippen molar-refractivity contribution in [1.29, 1.82) is 0 Å². The Morgan fingerprint density at radius 2 is 1.88 bits per heavy atom. The van der Waals surface area contributed by atoms with E-state index in [0.29, 0.717) is 13.0 Å². The molecule has 0 radical (unpaired) electrons. The van der Waals surface area contributed by atoms with Crippen LogP contribution in [-0.4, -0.2) is 34.8 Å². The summed E-state index contributed by atoms with van der Waals surface area (Å²) in [6, 6.07) is 0. The summed E-state index contributed by atoms with van der Waals surface area (Å²) < 4.78 is 0. The fourth-order valence-corrected chi connectivity index (χ4v) is 1.79. The van der Waals surface area contributed by atoms with Crippen LogP contribution in [0.3, 0.4) is 0 Å². The smallest absolute Gasteiger partial charge is 0.237 e. The average Bonchev–Trinajstić information content (AvgIpc) is 2.23. The molecule has 0 bridgehead atoms. The van der Waals surface area contributed by atoms with Crippen LogP contribution in [0.25, 0.3) is 0 Å². The molecule has 17 heavy (non-hydrogen) atoms. The summed E-state index contributed by atoms with van der Waals surface area (Å²) in [5, 5.41) is 0. The Labute approximate surface area is 108 Å². The Balaban J connectivity index is 4.70. The maximum Gasteiger partial charge on any atom is 0.237 e. The van der Waals surface area contributed by atoms with Gasteiger partial charge in [-0.3, -0.25) is 9.59 Å². The van der Waals surface area contributed by atoms with E-state index in [-0.39, 0.29) is 17.4 Å². The van der Waals surface area contributed by atoms with Gasteiger partial charge in [0.25, 0.3) is 0 Å². The highest BCUT2D eigenvalue weighted by Crippen LogP contribution is 2.09. The number of unbranched alkanes of at least 4 members (excludes halogenated alkanes) is 1. The standard InChI is InChI=1S/C11H21N3O2S/c1-3-5-6-14(7-9(12)15)11(16)8(4-2)10(13)17/h8H,3-7H2,1-2H3,(H2,12,15)(H2,13,17). The third kappa shape index (κ3) is 5.63. The predicted octanol–water partition coefficient (Wildman–Crippen LogP) is 0.413. The van der Waals surface area contributed by atoms with Crippen LogP contribution in [0.2, 0.25) is 0 Å². The second kappa shape index (κ2) is 8.00. The van der Waals surface area contributed by atoms with Crippen LogP contribution in [0.1, 0.15) is 33.1 Å². The highest BCUT2D eigenvalue weighted by molar-refractivity contribution is 7.80. The van der Waals surface area contributed by atoms with Gasteiger partial charge in [-0.15, -0.1) is 0 Å². The minimum Gasteiger partial charge on any atom is -0.393 e. The molecular weight excluding hydrogens is 238 g/mol. The normalized spacial score (nSPS) is 11.9. The molecule has 0 aromatic rings. The van der Waals surface area contributed by atoms with Crippen molar-refractivity contribution in [3.63, 3.8) is 0 Å². The molecule has 0 heterocycles. The Hall–Kier alpha value is -1.17.